The predicted octanol–water partition coefficient (Wildman–Crippen LogP) is 0.405. The van der Waals surface area contributed by atoms with E-state index in [1.807, 2.05) is 0 Å². The molecule has 1 aliphatic heterocycles. The third kappa shape index (κ3) is 3.10. The molecule has 3 N–H and O–H groups in total. The maximum atomic E-state index is 12.6. The van der Waals surface area contributed by atoms with Crippen molar-refractivity contribution in [2.24, 2.45) is 17.1 Å². The second-order valence-corrected chi connectivity index (χ2v) is 6.52. The Morgan fingerprint density at radius 3 is 2.52 bits per heavy atom. The molecule has 1 aliphatic carbocycles. The molecule has 2 aliphatic rings. The van der Waals surface area contributed by atoms with E-state index in [-0.39, 0.29) is 17.7 Å². The van der Waals surface area contributed by atoms with E-state index < -0.39 is 11.5 Å². The Kier molecular flexibility index (Phi) is 4.66. The fourth-order valence-corrected chi connectivity index (χ4v) is 3.20. The molecule has 0 radical (unpaired) electrons. The number of nitrogens with one attached hydrogen (secondary N) is 1. The van der Waals surface area contributed by atoms with Crippen molar-refractivity contribution >= 4 is 17.7 Å². The number of hydrogen-bond acceptors (Lipinski definition) is 4. The Balaban J connectivity index is 2.03. The van der Waals surface area contributed by atoms with Gasteiger partial charge >= 0.3 is 0 Å². The molecule has 21 heavy (non-hydrogen) atoms. The van der Waals surface area contributed by atoms with Crippen LogP contribution < -0.4 is 11.1 Å². The molecule has 6 heteroatoms. The van der Waals surface area contributed by atoms with E-state index in [0.717, 1.165) is 30.6 Å². The van der Waals surface area contributed by atoms with Crippen molar-refractivity contribution in [3.05, 3.63) is 0 Å². The molecule has 0 spiro atoms. The van der Waals surface area contributed by atoms with Crippen molar-refractivity contribution in [1.29, 1.82) is 0 Å². The maximum absolute atomic E-state index is 12.6. The van der Waals surface area contributed by atoms with E-state index in [1.165, 1.54) is 7.05 Å². The summed E-state index contributed by atoms with van der Waals surface area (Å²) in [6, 6.07) is -0.594. The van der Waals surface area contributed by atoms with Crippen molar-refractivity contribution in [2.45, 2.75) is 51.5 Å². The molecule has 2 rings (SSSR count). The fourth-order valence-electron chi connectivity index (χ4n) is 3.20. The fraction of sp³-hybridized carbons (Fsp3) is 0.800. The van der Waals surface area contributed by atoms with Gasteiger partial charge in [-0.1, -0.05) is 6.92 Å². The number of rotatable bonds is 3. The molecule has 0 aromatic carbocycles. The Hall–Kier alpha value is -1.43. The van der Waals surface area contributed by atoms with Crippen molar-refractivity contribution < 1.29 is 14.4 Å². The zero-order valence-electron chi connectivity index (χ0n) is 12.9. The first kappa shape index (κ1) is 15.9. The van der Waals surface area contributed by atoms with Crippen molar-refractivity contribution in [1.82, 2.24) is 10.2 Å². The summed E-state index contributed by atoms with van der Waals surface area (Å²) in [5.41, 5.74) is 5.31. The van der Waals surface area contributed by atoms with Gasteiger partial charge < -0.3 is 11.1 Å². The molecule has 1 saturated carbocycles. The van der Waals surface area contributed by atoms with Crippen molar-refractivity contribution in [3.8, 4) is 0 Å². The molecule has 1 atom stereocenters. The highest BCUT2D eigenvalue weighted by molar-refractivity contribution is 6.01. The average Bonchev–Trinajstić information content (AvgIpc) is 2.49. The number of hydrogen-bond donors (Lipinski definition) is 2. The summed E-state index contributed by atoms with van der Waals surface area (Å²) in [5.74, 6) is -0.0166. The van der Waals surface area contributed by atoms with Crippen LogP contribution in [0, 0.1) is 11.3 Å². The van der Waals surface area contributed by atoms with E-state index in [0.29, 0.717) is 25.3 Å². The summed E-state index contributed by atoms with van der Waals surface area (Å²) >= 11 is 0. The monoisotopic (exact) mass is 295 g/mol. The van der Waals surface area contributed by atoms with Crippen LogP contribution in [0.4, 0.5) is 0 Å². The van der Waals surface area contributed by atoms with Crippen LogP contribution in [0.25, 0.3) is 0 Å². The van der Waals surface area contributed by atoms with Gasteiger partial charge in [0.2, 0.25) is 11.8 Å². The van der Waals surface area contributed by atoms with E-state index in [2.05, 4.69) is 12.2 Å². The number of carbonyl (C=O) groups is 3. The number of carbonyl (C=O) groups excluding carboxylic acids is 3. The lowest BCUT2D eigenvalue weighted by atomic mass is 9.70. The van der Waals surface area contributed by atoms with E-state index in [9.17, 15) is 14.4 Å². The minimum atomic E-state index is -0.594. The lowest BCUT2D eigenvalue weighted by molar-refractivity contribution is -0.150. The Morgan fingerprint density at radius 1 is 1.33 bits per heavy atom. The smallest absolute Gasteiger partial charge is 0.251 e. The van der Waals surface area contributed by atoms with Crippen LogP contribution in [-0.2, 0) is 14.4 Å². The van der Waals surface area contributed by atoms with Crippen LogP contribution in [0.2, 0.25) is 0 Å². The molecule has 0 bridgehead atoms. The van der Waals surface area contributed by atoms with Crippen LogP contribution in [0.5, 0.6) is 0 Å². The quantitative estimate of drug-likeness (QED) is 0.737. The minimum Gasteiger partial charge on any atom is -0.344 e. The topological polar surface area (TPSA) is 92.5 Å². The number of likely N-dealkylation sites (N-methyl/N-ethyl adjacent to an activating group) is 1. The number of nitrogens with two attached hydrogens (primary N) is 1. The molecule has 6 nitrogen and oxygen atoms in total. The lowest BCUT2D eigenvalue weighted by Gasteiger charge is -2.38. The molecular formula is C15H25N3O3. The Morgan fingerprint density at radius 2 is 1.95 bits per heavy atom. The number of amides is 3. The van der Waals surface area contributed by atoms with E-state index >= 15 is 0 Å². The largest absolute Gasteiger partial charge is 0.344 e. The van der Waals surface area contributed by atoms with Gasteiger partial charge in [0.15, 0.2) is 0 Å². The highest BCUT2D eigenvalue weighted by atomic mass is 16.2. The Labute approximate surface area is 125 Å². The van der Waals surface area contributed by atoms with Crippen LogP contribution in [-0.4, -0.2) is 42.3 Å². The van der Waals surface area contributed by atoms with E-state index in [1.54, 1.807) is 0 Å². The second-order valence-electron chi connectivity index (χ2n) is 6.52. The molecule has 3 amide bonds. The molecular weight excluding hydrogens is 270 g/mol. The van der Waals surface area contributed by atoms with Gasteiger partial charge in [0.25, 0.3) is 5.91 Å². The van der Waals surface area contributed by atoms with Crippen molar-refractivity contribution in [3.63, 3.8) is 0 Å². The Bertz CT molecular complexity index is 441. The normalized spacial score (nSPS) is 34.0. The summed E-state index contributed by atoms with van der Waals surface area (Å²) in [7, 11) is 1.46. The number of piperidine rings is 1. The van der Waals surface area contributed by atoms with Gasteiger partial charge in [-0.3, -0.25) is 19.3 Å². The zero-order chi connectivity index (χ0) is 15.6. The summed E-state index contributed by atoms with van der Waals surface area (Å²) in [5, 5.41) is 2.83. The number of nitrogens with zero attached hydrogens (tertiary/aromatic N) is 1. The zero-order valence-corrected chi connectivity index (χ0v) is 12.9. The maximum Gasteiger partial charge on any atom is 0.251 e. The lowest BCUT2D eigenvalue weighted by Crippen LogP contribution is -2.57. The number of imide groups is 1. The third-order valence-electron chi connectivity index (χ3n) is 5.06. The van der Waals surface area contributed by atoms with Gasteiger partial charge in [-0.2, -0.15) is 0 Å². The average molecular weight is 295 g/mol. The first-order valence-electron chi connectivity index (χ1n) is 7.71. The molecule has 1 heterocycles. The molecule has 1 unspecified atom stereocenters. The van der Waals surface area contributed by atoms with Gasteiger partial charge in [0.1, 0.15) is 6.04 Å². The van der Waals surface area contributed by atoms with Crippen molar-refractivity contribution in [2.75, 3.05) is 13.6 Å². The number of likely N-dealkylation sites (tertiary alicyclic amines) is 1. The SMILES string of the molecule is CC1CCC(CN)(C(=O)NC2CCC(=O)N(C)C2=O)CC1. The predicted molar refractivity (Wildman–Crippen MR) is 78.1 cm³/mol. The minimum absolute atomic E-state index is 0.127. The molecule has 1 saturated heterocycles. The summed E-state index contributed by atoms with van der Waals surface area (Å²) in [6.07, 6.45) is 4.19. The first-order chi connectivity index (χ1) is 9.89. The van der Waals surface area contributed by atoms with Crippen LogP contribution in [0.15, 0.2) is 0 Å². The standard InChI is InChI=1S/C15H25N3O3/c1-10-5-7-15(9-16,8-6-10)14(21)17-11-3-4-12(19)18(2)13(11)20/h10-11H,3-9,16H2,1-2H3,(H,17,21). The van der Waals surface area contributed by atoms with Gasteiger partial charge in [-0.25, -0.2) is 0 Å². The van der Waals surface area contributed by atoms with Gasteiger partial charge in [-0.05, 0) is 38.0 Å². The summed E-state index contributed by atoms with van der Waals surface area (Å²) in [6.45, 7) is 2.49. The second kappa shape index (κ2) is 6.13. The molecule has 0 aromatic rings. The van der Waals surface area contributed by atoms with Crippen LogP contribution >= 0.6 is 0 Å². The molecule has 0 aromatic heterocycles. The first-order valence-corrected chi connectivity index (χ1v) is 7.71. The third-order valence-corrected chi connectivity index (χ3v) is 5.06. The molecule has 2 fully saturated rings. The highest BCUT2D eigenvalue weighted by Gasteiger charge is 2.42. The van der Waals surface area contributed by atoms with Crippen LogP contribution in [0.3, 0.4) is 0 Å². The molecule has 118 valence electrons. The van der Waals surface area contributed by atoms with Gasteiger partial charge in [-0.15, -0.1) is 0 Å². The highest BCUT2D eigenvalue weighted by Crippen LogP contribution is 2.38. The van der Waals surface area contributed by atoms with Gasteiger partial charge in [0.05, 0.1) is 5.41 Å². The van der Waals surface area contributed by atoms with Gasteiger partial charge in [0, 0.05) is 20.0 Å². The summed E-state index contributed by atoms with van der Waals surface area (Å²) in [4.78, 5) is 37.2. The van der Waals surface area contributed by atoms with E-state index in [4.69, 9.17) is 5.73 Å². The van der Waals surface area contributed by atoms with Crippen LogP contribution in [0.1, 0.15) is 45.4 Å². The summed E-state index contributed by atoms with van der Waals surface area (Å²) < 4.78 is 0.